The molecule has 0 radical (unpaired) electrons. The maximum atomic E-state index is 11.3. The number of aromatic hydroxyl groups is 1. The number of phenolic OH excluding ortho intramolecular Hbond substituents is 1. The van der Waals surface area contributed by atoms with Gasteiger partial charge in [-0.3, -0.25) is 10.1 Å². The van der Waals surface area contributed by atoms with Crippen molar-refractivity contribution in [2.24, 2.45) is 0 Å². The fraction of sp³-hybridized carbons (Fsp3) is 0.0588. The van der Waals surface area contributed by atoms with Crippen molar-refractivity contribution < 1.29 is 10.0 Å². The van der Waals surface area contributed by atoms with Crippen LogP contribution in [0.5, 0.6) is 5.75 Å². The molecular weight excluding hydrogens is 402 g/mol. The second-order valence-corrected chi connectivity index (χ2v) is 6.58. The zero-order valence-electron chi connectivity index (χ0n) is 13.2. The van der Waals surface area contributed by atoms with Crippen LogP contribution >= 0.6 is 15.9 Å². The van der Waals surface area contributed by atoms with Gasteiger partial charge in [-0.15, -0.1) is 0 Å². The van der Waals surface area contributed by atoms with Crippen molar-refractivity contribution in [3.63, 3.8) is 0 Å². The van der Waals surface area contributed by atoms with Gasteiger partial charge in [0.05, 0.1) is 4.92 Å². The molecule has 2 N–H and O–H groups in total. The van der Waals surface area contributed by atoms with Gasteiger partial charge >= 0.3 is 5.69 Å². The van der Waals surface area contributed by atoms with Gasteiger partial charge in [0.2, 0.25) is 5.95 Å². The molecule has 1 aliphatic heterocycles. The third kappa shape index (κ3) is 2.72. The van der Waals surface area contributed by atoms with E-state index >= 15 is 0 Å². The van der Waals surface area contributed by atoms with Crippen LogP contribution in [-0.4, -0.2) is 24.8 Å². The average molecular weight is 414 g/mol. The van der Waals surface area contributed by atoms with Gasteiger partial charge in [0, 0.05) is 21.8 Å². The largest absolute Gasteiger partial charge is 0.502 e. The number of hydrogen-bond donors (Lipinski definition) is 2. The van der Waals surface area contributed by atoms with Crippen molar-refractivity contribution in [2.75, 3.05) is 5.32 Å². The lowest BCUT2D eigenvalue weighted by atomic mass is 10.0. The van der Waals surface area contributed by atoms with Gasteiger partial charge in [-0.1, -0.05) is 46.3 Å². The highest BCUT2D eigenvalue weighted by Crippen LogP contribution is 2.41. The number of fused-ring (bicyclic) bond motifs is 1. The molecule has 3 aromatic rings. The zero-order chi connectivity index (χ0) is 18.3. The number of halogens is 1. The minimum Gasteiger partial charge on any atom is -0.502 e. The topological polar surface area (TPSA) is 106 Å². The Morgan fingerprint density at radius 1 is 1.27 bits per heavy atom. The fourth-order valence-electron chi connectivity index (χ4n) is 2.91. The summed E-state index contributed by atoms with van der Waals surface area (Å²) in [6.07, 6.45) is 3.24. The third-order valence-electron chi connectivity index (χ3n) is 4.09. The number of nitro benzene ring substituents is 1. The van der Waals surface area contributed by atoms with E-state index in [-0.39, 0.29) is 5.69 Å². The van der Waals surface area contributed by atoms with Crippen LogP contribution < -0.4 is 5.32 Å². The van der Waals surface area contributed by atoms with E-state index in [9.17, 15) is 15.2 Å². The van der Waals surface area contributed by atoms with E-state index in [1.807, 2.05) is 36.4 Å². The van der Waals surface area contributed by atoms with Gasteiger partial charge in [0.1, 0.15) is 12.4 Å². The van der Waals surface area contributed by atoms with Crippen LogP contribution in [0.2, 0.25) is 0 Å². The molecule has 0 amide bonds. The second-order valence-electron chi connectivity index (χ2n) is 5.66. The summed E-state index contributed by atoms with van der Waals surface area (Å²) in [5.41, 5.74) is 1.69. The van der Waals surface area contributed by atoms with Gasteiger partial charge in [0.25, 0.3) is 0 Å². The van der Waals surface area contributed by atoms with Crippen molar-refractivity contribution in [1.82, 2.24) is 14.8 Å². The van der Waals surface area contributed by atoms with Crippen molar-refractivity contribution in [1.29, 1.82) is 0 Å². The zero-order valence-corrected chi connectivity index (χ0v) is 14.8. The summed E-state index contributed by atoms with van der Waals surface area (Å²) >= 11 is 3.28. The number of benzene rings is 2. The van der Waals surface area contributed by atoms with Crippen molar-refractivity contribution >= 4 is 33.3 Å². The van der Waals surface area contributed by atoms with Crippen LogP contribution in [0.3, 0.4) is 0 Å². The first kappa shape index (κ1) is 16.3. The highest BCUT2D eigenvalue weighted by atomic mass is 79.9. The molecule has 9 heteroatoms. The molecule has 0 saturated carbocycles. The number of rotatable bonds is 3. The predicted octanol–water partition coefficient (Wildman–Crippen LogP) is 3.71. The Bertz CT molecular complexity index is 1030. The molecule has 0 aliphatic carbocycles. The fourth-order valence-corrected chi connectivity index (χ4v) is 3.37. The van der Waals surface area contributed by atoms with E-state index in [0.717, 1.165) is 11.3 Å². The van der Waals surface area contributed by atoms with Crippen LogP contribution in [0, 0.1) is 10.1 Å². The SMILES string of the molecule is O=[N+]([O-])c1cc(Br)cc([C@@H]2C=C(c3ccccc3)Nc3ncnn32)c1O. The van der Waals surface area contributed by atoms with Crippen LogP contribution in [0.25, 0.3) is 5.70 Å². The molecule has 0 bridgehead atoms. The standard InChI is InChI=1S/C17H12BrN5O3/c18-11-6-12(16(24)15(7-11)23(25)26)14-8-13(10-4-2-1-3-5-10)21-17-19-9-20-22(14)17/h1-9,14,24H,(H,19,20,21)/t14-/m0/s1. The van der Waals surface area contributed by atoms with E-state index in [4.69, 9.17) is 0 Å². The molecule has 1 aliphatic rings. The minimum atomic E-state index is -0.616. The lowest BCUT2D eigenvalue weighted by molar-refractivity contribution is -0.386. The minimum absolute atomic E-state index is 0.354. The van der Waals surface area contributed by atoms with Gasteiger partial charge in [-0.25, -0.2) is 4.68 Å². The maximum absolute atomic E-state index is 11.3. The predicted molar refractivity (Wildman–Crippen MR) is 98.7 cm³/mol. The molecule has 26 heavy (non-hydrogen) atoms. The molecule has 4 rings (SSSR count). The van der Waals surface area contributed by atoms with Crippen LogP contribution in [0.1, 0.15) is 17.2 Å². The Morgan fingerprint density at radius 2 is 2.04 bits per heavy atom. The van der Waals surface area contributed by atoms with Gasteiger partial charge < -0.3 is 10.4 Å². The molecule has 1 aromatic heterocycles. The quantitative estimate of drug-likeness (QED) is 0.500. The summed E-state index contributed by atoms with van der Waals surface area (Å²) in [7, 11) is 0. The number of allylic oxidation sites excluding steroid dienone is 1. The Labute approximate surface area is 156 Å². The molecule has 0 unspecified atom stereocenters. The van der Waals surface area contributed by atoms with E-state index in [0.29, 0.717) is 16.0 Å². The monoisotopic (exact) mass is 413 g/mol. The first-order valence-electron chi connectivity index (χ1n) is 7.65. The molecule has 8 nitrogen and oxygen atoms in total. The maximum Gasteiger partial charge on any atom is 0.312 e. The smallest absolute Gasteiger partial charge is 0.312 e. The molecule has 0 fully saturated rings. The van der Waals surface area contributed by atoms with Crippen LogP contribution in [0.4, 0.5) is 11.6 Å². The number of hydrogen-bond acceptors (Lipinski definition) is 6. The van der Waals surface area contributed by atoms with Crippen molar-refractivity contribution in [3.05, 3.63) is 80.6 Å². The van der Waals surface area contributed by atoms with Gasteiger partial charge in [0.15, 0.2) is 5.75 Å². The summed E-state index contributed by atoms with van der Waals surface area (Å²) in [6, 6.07) is 12.0. The molecule has 2 heterocycles. The third-order valence-corrected chi connectivity index (χ3v) is 4.55. The van der Waals surface area contributed by atoms with Crippen molar-refractivity contribution in [3.8, 4) is 5.75 Å². The first-order chi connectivity index (χ1) is 12.5. The number of phenols is 1. The summed E-state index contributed by atoms with van der Waals surface area (Å²) in [5, 5.41) is 29.1. The number of anilines is 1. The number of nitro groups is 1. The van der Waals surface area contributed by atoms with E-state index in [1.54, 1.807) is 10.7 Å². The summed E-state index contributed by atoms with van der Waals surface area (Å²) < 4.78 is 2.06. The van der Waals surface area contributed by atoms with Crippen LogP contribution in [0.15, 0.2) is 59.3 Å². The first-order valence-corrected chi connectivity index (χ1v) is 8.44. The number of nitrogens with one attached hydrogen (secondary N) is 1. The molecule has 2 aromatic carbocycles. The second kappa shape index (κ2) is 6.26. The number of nitrogens with zero attached hydrogens (tertiary/aromatic N) is 4. The van der Waals surface area contributed by atoms with E-state index in [1.165, 1.54) is 12.4 Å². The number of aromatic nitrogens is 3. The molecule has 130 valence electrons. The van der Waals surface area contributed by atoms with Crippen LogP contribution in [-0.2, 0) is 0 Å². The van der Waals surface area contributed by atoms with Crippen molar-refractivity contribution in [2.45, 2.75) is 6.04 Å². The van der Waals surface area contributed by atoms with Gasteiger partial charge in [-0.2, -0.15) is 10.1 Å². The lowest BCUT2D eigenvalue weighted by Crippen LogP contribution is -2.20. The van der Waals surface area contributed by atoms with Gasteiger partial charge in [-0.05, 0) is 17.7 Å². The summed E-state index contributed by atoms with van der Waals surface area (Å²) in [6.45, 7) is 0. The van der Waals surface area contributed by atoms with E-state index in [2.05, 4.69) is 31.3 Å². The molecule has 1 atom stereocenters. The lowest BCUT2D eigenvalue weighted by Gasteiger charge is -2.25. The highest BCUT2D eigenvalue weighted by Gasteiger charge is 2.29. The summed E-state index contributed by atoms with van der Waals surface area (Å²) in [5.74, 6) is 0.0913. The Balaban J connectivity index is 1.90. The Kier molecular flexibility index (Phi) is 3.92. The normalized spacial score (nSPS) is 15.7. The summed E-state index contributed by atoms with van der Waals surface area (Å²) in [4.78, 5) is 14.8. The molecule has 0 spiro atoms. The molecular formula is C17H12BrN5O3. The van der Waals surface area contributed by atoms with E-state index < -0.39 is 16.7 Å². The Morgan fingerprint density at radius 3 is 2.77 bits per heavy atom. The average Bonchev–Trinajstić information content (AvgIpc) is 3.12. The Hall–Kier alpha value is -3.20. The molecule has 0 saturated heterocycles. The highest BCUT2D eigenvalue weighted by molar-refractivity contribution is 9.10.